The zero-order valence-corrected chi connectivity index (χ0v) is 19.6. The summed E-state index contributed by atoms with van der Waals surface area (Å²) in [6, 6.07) is 8.21. The highest BCUT2D eigenvalue weighted by Crippen LogP contribution is 2.13. The van der Waals surface area contributed by atoms with E-state index >= 15 is 0 Å². The number of ether oxygens (including phenoxy) is 5. The molecule has 0 aliphatic heterocycles. The maximum atomic E-state index is 11.7. The molecule has 6 nitrogen and oxygen atoms in total. The fraction of sp³-hybridized carbons (Fsp3) is 0.720. The number of methoxy groups -OCH3 is 1. The molecule has 0 aromatic heterocycles. The third-order valence-electron chi connectivity index (χ3n) is 4.86. The van der Waals surface area contributed by atoms with E-state index in [0.717, 1.165) is 31.6 Å². The minimum Gasteiger partial charge on any atom is -0.494 e. The van der Waals surface area contributed by atoms with E-state index < -0.39 is 0 Å². The van der Waals surface area contributed by atoms with Gasteiger partial charge in [-0.25, -0.2) is 0 Å². The zero-order valence-electron chi connectivity index (χ0n) is 19.6. The molecule has 0 amide bonds. The fourth-order valence-corrected chi connectivity index (χ4v) is 3.01. The quantitative estimate of drug-likeness (QED) is 0.196. The van der Waals surface area contributed by atoms with Gasteiger partial charge in [0.2, 0.25) is 0 Å². The monoisotopic (exact) mass is 438 g/mol. The highest BCUT2D eigenvalue weighted by molar-refractivity contribution is 5.69. The van der Waals surface area contributed by atoms with Crippen molar-refractivity contribution in [2.45, 2.75) is 64.7 Å². The van der Waals surface area contributed by atoms with Crippen LogP contribution in [0.4, 0.5) is 0 Å². The Labute approximate surface area is 188 Å². The molecular weight excluding hydrogens is 396 g/mol. The normalized spacial score (nSPS) is 10.9. The molecule has 0 saturated carbocycles. The van der Waals surface area contributed by atoms with Crippen LogP contribution in [0, 0.1) is 6.92 Å². The molecule has 1 aromatic carbocycles. The predicted molar refractivity (Wildman–Crippen MR) is 123 cm³/mol. The number of aryl methyl sites for hydroxylation is 1. The van der Waals surface area contributed by atoms with Crippen LogP contribution in [0.5, 0.6) is 5.75 Å². The lowest BCUT2D eigenvalue weighted by Gasteiger charge is -2.07. The van der Waals surface area contributed by atoms with E-state index in [1.165, 1.54) is 37.7 Å². The Morgan fingerprint density at radius 1 is 0.677 bits per heavy atom. The van der Waals surface area contributed by atoms with E-state index in [2.05, 4.69) is 19.1 Å². The third kappa shape index (κ3) is 17.7. The van der Waals surface area contributed by atoms with Crippen molar-refractivity contribution in [3.8, 4) is 5.75 Å². The molecule has 1 aromatic rings. The maximum absolute atomic E-state index is 11.7. The number of unbranched alkanes of at least 4 members (excludes halogenated alkanes) is 7. The SMILES string of the molecule is COCCOCCOCCOC(=O)CCCCCCCCCCOc1ccc(C)cc1. The van der Waals surface area contributed by atoms with Crippen LogP contribution in [0.25, 0.3) is 0 Å². The van der Waals surface area contributed by atoms with E-state index in [1.807, 2.05) is 12.1 Å². The summed E-state index contributed by atoms with van der Waals surface area (Å²) in [5, 5.41) is 0. The summed E-state index contributed by atoms with van der Waals surface area (Å²) >= 11 is 0. The van der Waals surface area contributed by atoms with Crippen LogP contribution in [-0.4, -0.2) is 59.3 Å². The van der Waals surface area contributed by atoms with Crippen LogP contribution in [0.2, 0.25) is 0 Å². The second-order valence-corrected chi connectivity index (χ2v) is 7.68. The van der Waals surface area contributed by atoms with Crippen molar-refractivity contribution in [3.05, 3.63) is 29.8 Å². The largest absolute Gasteiger partial charge is 0.494 e. The minimum atomic E-state index is -0.131. The number of benzene rings is 1. The van der Waals surface area contributed by atoms with E-state index in [9.17, 15) is 4.79 Å². The fourth-order valence-electron chi connectivity index (χ4n) is 3.01. The predicted octanol–water partition coefficient (Wildman–Crippen LogP) is 5.11. The van der Waals surface area contributed by atoms with Gasteiger partial charge in [0.05, 0.1) is 39.6 Å². The molecule has 178 valence electrons. The van der Waals surface area contributed by atoms with Crippen LogP contribution >= 0.6 is 0 Å². The van der Waals surface area contributed by atoms with Crippen molar-refractivity contribution in [1.82, 2.24) is 0 Å². The minimum absolute atomic E-state index is 0.131. The van der Waals surface area contributed by atoms with Gasteiger partial charge < -0.3 is 23.7 Å². The van der Waals surface area contributed by atoms with Gasteiger partial charge in [-0.05, 0) is 31.9 Å². The first-order chi connectivity index (χ1) is 15.2. The molecule has 0 saturated heterocycles. The Bertz CT molecular complexity index is 531. The molecule has 0 atom stereocenters. The average Bonchev–Trinajstić information content (AvgIpc) is 2.77. The van der Waals surface area contributed by atoms with E-state index in [0.29, 0.717) is 46.1 Å². The Balaban J connectivity index is 1.76. The van der Waals surface area contributed by atoms with Crippen molar-refractivity contribution in [1.29, 1.82) is 0 Å². The molecule has 0 heterocycles. The number of carbonyl (C=O) groups excluding carboxylic acids is 1. The van der Waals surface area contributed by atoms with Crippen LogP contribution in [0.3, 0.4) is 0 Å². The van der Waals surface area contributed by atoms with Crippen LogP contribution in [0.1, 0.15) is 63.4 Å². The van der Waals surface area contributed by atoms with Gasteiger partial charge in [-0.3, -0.25) is 4.79 Å². The molecule has 0 unspecified atom stereocenters. The molecule has 0 aliphatic carbocycles. The van der Waals surface area contributed by atoms with Gasteiger partial charge in [0.25, 0.3) is 0 Å². The second-order valence-electron chi connectivity index (χ2n) is 7.68. The van der Waals surface area contributed by atoms with Crippen LogP contribution in [0.15, 0.2) is 24.3 Å². The smallest absolute Gasteiger partial charge is 0.305 e. The first kappa shape index (κ1) is 27.4. The topological polar surface area (TPSA) is 63.2 Å². The lowest BCUT2D eigenvalue weighted by Crippen LogP contribution is -2.13. The Morgan fingerprint density at radius 3 is 1.87 bits per heavy atom. The van der Waals surface area contributed by atoms with Gasteiger partial charge in [-0.1, -0.05) is 56.2 Å². The summed E-state index contributed by atoms with van der Waals surface area (Å²) in [7, 11) is 1.64. The second kappa shape index (κ2) is 20.3. The number of esters is 1. The third-order valence-corrected chi connectivity index (χ3v) is 4.86. The number of carbonyl (C=O) groups is 1. The maximum Gasteiger partial charge on any atom is 0.305 e. The summed E-state index contributed by atoms with van der Waals surface area (Å²) in [5.74, 6) is 0.827. The lowest BCUT2D eigenvalue weighted by atomic mass is 10.1. The Morgan fingerprint density at radius 2 is 1.23 bits per heavy atom. The molecule has 6 heteroatoms. The van der Waals surface area contributed by atoms with E-state index in [4.69, 9.17) is 23.7 Å². The number of hydrogen-bond acceptors (Lipinski definition) is 6. The van der Waals surface area contributed by atoms with Gasteiger partial charge >= 0.3 is 5.97 Å². The first-order valence-corrected chi connectivity index (χ1v) is 11.7. The van der Waals surface area contributed by atoms with Crippen LogP contribution < -0.4 is 4.74 Å². The standard InChI is InChI=1S/C25H42O6/c1-23-12-14-24(15-13-23)30-16-10-8-6-4-3-5-7-9-11-25(26)31-22-21-29-20-19-28-18-17-27-2/h12-15H,3-11,16-22H2,1-2H3. The molecule has 0 fully saturated rings. The van der Waals surface area contributed by atoms with E-state index in [1.54, 1.807) is 7.11 Å². The van der Waals surface area contributed by atoms with Crippen LogP contribution in [-0.2, 0) is 23.7 Å². The molecule has 1 rings (SSSR count). The molecule has 0 aliphatic rings. The number of rotatable bonds is 21. The molecule has 0 spiro atoms. The summed E-state index contributed by atoms with van der Waals surface area (Å²) < 4.78 is 26.4. The summed E-state index contributed by atoms with van der Waals surface area (Å²) in [5.41, 5.74) is 1.25. The molecule has 31 heavy (non-hydrogen) atoms. The highest BCUT2D eigenvalue weighted by atomic mass is 16.6. The summed E-state index contributed by atoms with van der Waals surface area (Å²) in [6.45, 7) is 5.77. The first-order valence-electron chi connectivity index (χ1n) is 11.7. The Hall–Kier alpha value is -1.63. The van der Waals surface area contributed by atoms with Crippen molar-refractivity contribution in [3.63, 3.8) is 0 Å². The highest BCUT2D eigenvalue weighted by Gasteiger charge is 2.02. The van der Waals surface area contributed by atoms with Gasteiger partial charge in [-0.2, -0.15) is 0 Å². The molecular formula is C25H42O6. The van der Waals surface area contributed by atoms with Crippen molar-refractivity contribution in [2.75, 3.05) is 53.4 Å². The zero-order chi connectivity index (χ0) is 22.4. The Kier molecular flexibility index (Phi) is 17.9. The lowest BCUT2D eigenvalue weighted by molar-refractivity contribution is -0.145. The van der Waals surface area contributed by atoms with Gasteiger partial charge in [0, 0.05) is 13.5 Å². The van der Waals surface area contributed by atoms with E-state index in [-0.39, 0.29) is 5.97 Å². The van der Waals surface area contributed by atoms with Crippen molar-refractivity contribution < 1.29 is 28.5 Å². The van der Waals surface area contributed by atoms with Crippen molar-refractivity contribution >= 4 is 5.97 Å². The van der Waals surface area contributed by atoms with Crippen molar-refractivity contribution in [2.24, 2.45) is 0 Å². The number of hydrogen-bond donors (Lipinski definition) is 0. The summed E-state index contributed by atoms with van der Waals surface area (Å²) in [6.07, 6.45) is 9.70. The molecule has 0 radical (unpaired) electrons. The summed E-state index contributed by atoms with van der Waals surface area (Å²) in [4.78, 5) is 11.7. The molecule has 0 N–H and O–H groups in total. The van der Waals surface area contributed by atoms with Gasteiger partial charge in [0.15, 0.2) is 0 Å². The van der Waals surface area contributed by atoms with Gasteiger partial charge in [-0.15, -0.1) is 0 Å². The average molecular weight is 439 g/mol. The molecule has 0 bridgehead atoms. The van der Waals surface area contributed by atoms with Gasteiger partial charge in [0.1, 0.15) is 12.4 Å².